The van der Waals surface area contributed by atoms with Gasteiger partial charge in [0, 0.05) is 39.0 Å². The number of carbonyl (C=O) groups excluding carboxylic acids is 1. The minimum Gasteiger partial charge on any atom is -0.388 e. The van der Waals surface area contributed by atoms with Gasteiger partial charge in [-0.05, 0) is 36.3 Å². The van der Waals surface area contributed by atoms with E-state index in [0.29, 0.717) is 44.9 Å². The van der Waals surface area contributed by atoms with Gasteiger partial charge in [-0.1, -0.05) is 24.3 Å². The molecule has 1 atom stereocenters. The van der Waals surface area contributed by atoms with Gasteiger partial charge in [-0.3, -0.25) is 4.79 Å². The molecule has 1 fully saturated rings. The molecule has 1 heterocycles. The number of aliphatic hydroxyl groups is 1. The number of fused-ring (bicyclic) bond motifs is 1. The molecule has 2 N–H and O–H groups in total. The zero-order chi connectivity index (χ0) is 15.4. The first-order valence-electron chi connectivity index (χ1n) is 8.31. The van der Waals surface area contributed by atoms with E-state index in [1.165, 1.54) is 11.1 Å². The maximum Gasteiger partial charge on any atom is 0.220 e. The monoisotopic (exact) mass is 303 g/mol. The van der Waals surface area contributed by atoms with Crippen molar-refractivity contribution in [1.82, 2.24) is 5.32 Å². The van der Waals surface area contributed by atoms with E-state index in [0.717, 1.165) is 19.3 Å². The van der Waals surface area contributed by atoms with E-state index in [9.17, 15) is 9.90 Å². The number of hydrogen-bond donors (Lipinski definition) is 2. The summed E-state index contributed by atoms with van der Waals surface area (Å²) in [5, 5.41) is 13.3. The lowest BCUT2D eigenvalue weighted by Gasteiger charge is -2.32. The summed E-state index contributed by atoms with van der Waals surface area (Å²) in [6.07, 6.45) is 5.05. The van der Waals surface area contributed by atoms with Crippen LogP contribution in [0.1, 0.15) is 49.1 Å². The Morgan fingerprint density at radius 3 is 2.91 bits per heavy atom. The Kier molecular flexibility index (Phi) is 4.79. The molecule has 3 rings (SSSR count). The van der Waals surface area contributed by atoms with Crippen LogP contribution in [0.3, 0.4) is 0 Å². The number of carbonyl (C=O) groups is 1. The average Bonchev–Trinajstić information content (AvgIpc) is 2.54. The number of amides is 1. The third kappa shape index (κ3) is 3.68. The molecule has 1 saturated heterocycles. The predicted molar refractivity (Wildman–Crippen MR) is 84.8 cm³/mol. The van der Waals surface area contributed by atoms with E-state index < -0.39 is 5.60 Å². The minimum atomic E-state index is -0.793. The van der Waals surface area contributed by atoms with Crippen molar-refractivity contribution in [3.63, 3.8) is 0 Å². The summed E-state index contributed by atoms with van der Waals surface area (Å²) < 4.78 is 5.26. The second-order valence-corrected chi connectivity index (χ2v) is 6.61. The highest BCUT2D eigenvalue weighted by Crippen LogP contribution is 2.33. The molecular formula is C18H25NO3. The minimum absolute atomic E-state index is 0.0432. The third-order valence-corrected chi connectivity index (χ3v) is 4.96. The van der Waals surface area contributed by atoms with Crippen LogP contribution in [0.2, 0.25) is 0 Å². The second kappa shape index (κ2) is 6.80. The summed E-state index contributed by atoms with van der Waals surface area (Å²) >= 11 is 0. The quantitative estimate of drug-likeness (QED) is 0.896. The molecular weight excluding hydrogens is 278 g/mol. The first-order chi connectivity index (χ1) is 10.7. The van der Waals surface area contributed by atoms with Crippen LogP contribution in [0.25, 0.3) is 0 Å². The van der Waals surface area contributed by atoms with E-state index >= 15 is 0 Å². The highest BCUT2D eigenvalue weighted by Gasteiger charge is 2.30. The van der Waals surface area contributed by atoms with Crippen LogP contribution >= 0.6 is 0 Å². The highest BCUT2D eigenvalue weighted by atomic mass is 16.5. The largest absolute Gasteiger partial charge is 0.388 e. The summed E-state index contributed by atoms with van der Waals surface area (Å²) in [5.41, 5.74) is 1.92. The lowest BCUT2D eigenvalue weighted by atomic mass is 9.81. The van der Waals surface area contributed by atoms with Crippen LogP contribution in [0, 0.1) is 0 Å². The number of aryl methyl sites for hydroxylation is 1. The van der Waals surface area contributed by atoms with Gasteiger partial charge in [0.2, 0.25) is 5.91 Å². The van der Waals surface area contributed by atoms with Crippen LogP contribution in [0.4, 0.5) is 0 Å². The standard InChI is InChI=1S/C18H25NO3/c20-17(19-13-18(21)8-10-22-11-9-18)12-15-6-3-5-14-4-1-2-7-16(14)15/h1-2,4,7,15,21H,3,5-6,8-13H2,(H,19,20). The van der Waals surface area contributed by atoms with Crippen molar-refractivity contribution < 1.29 is 14.6 Å². The van der Waals surface area contributed by atoms with Gasteiger partial charge in [0.1, 0.15) is 0 Å². The Hall–Kier alpha value is -1.39. The smallest absolute Gasteiger partial charge is 0.220 e. The van der Waals surface area contributed by atoms with Crippen molar-refractivity contribution in [2.75, 3.05) is 19.8 Å². The Bertz CT molecular complexity index is 523. The van der Waals surface area contributed by atoms with Gasteiger partial charge >= 0.3 is 0 Å². The van der Waals surface area contributed by atoms with Crippen LogP contribution in [-0.4, -0.2) is 36.4 Å². The molecule has 120 valence electrons. The Balaban J connectivity index is 1.54. The van der Waals surface area contributed by atoms with Gasteiger partial charge in [-0.15, -0.1) is 0 Å². The number of nitrogens with one attached hydrogen (secondary N) is 1. The molecule has 1 unspecified atom stereocenters. The van der Waals surface area contributed by atoms with Crippen LogP contribution < -0.4 is 5.32 Å². The molecule has 4 nitrogen and oxygen atoms in total. The molecule has 1 aliphatic heterocycles. The zero-order valence-electron chi connectivity index (χ0n) is 13.0. The molecule has 4 heteroatoms. The van der Waals surface area contributed by atoms with E-state index in [4.69, 9.17) is 4.74 Å². The summed E-state index contributed by atoms with van der Waals surface area (Å²) in [6, 6.07) is 8.45. The summed E-state index contributed by atoms with van der Waals surface area (Å²) in [6.45, 7) is 1.48. The first-order valence-corrected chi connectivity index (χ1v) is 8.31. The SMILES string of the molecule is O=C(CC1CCCc2ccccc21)NCC1(O)CCOCC1. The molecule has 1 aliphatic carbocycles. The third-order valence-electron chi connectivity index (χ3n) is 4.96. The fraction of sp³-hybridized carbons (Fsp3) is 0.611. The van der Waals surface area contributed by atoms with Crippen molar-refractivity contribution in [3.8, 4) is 0 Å². The topological polar surface area (TPSA) is 58.6 Å². The Morgan fingerprint density at radius 2 is 2.09 bits per heavy atom. The molecule has 0 radical (unpaired) electrons. The maximum absolute atomic E-state index is 12.3. The summed E-state index contributed by atoms with van der Waals surface area (Å²) in [5.74, 6) is 0.357. The van der Waals surface area contributed by atoms with Gasteiger partial charge in [0.15, 0.2) is 0 Å². The Labute approximate surface area is 131 Å². The molecule has 0 saturated carbocycles. The van der Waals surface area contributed by atoms with E-state index in [1.54, 1.807) is 0 Å². The first kappa shape index (κ1) is 15.5. The lowest BCUT2D eigenvalue weighted by molar-refractivity contribution is -0.124. The second-order valence-electron chi connectivity index (χ2n) is 6.61. The van der Waals surface area contributed by atoms with Crippen LogP contribution in [0.15, 0.2) is 24.3 Å². The van der Waals surface area contributed by atoms with Gasteiger partial charge in [0.05, 0.1) is 5.60 Å². The molecule has 0 bridgehead atoms. The fourth-order valence-corrected chi connectivity index (χ4v) is 3.55. The van der Waals surface area contributed by atoms with Crippen molar-refractivity contribution in [1.29, 1.82) is 0 Å². The van der Waals surface area contributed by atoms with Gasteiger partial charge in [0.25, 0.3) is 0 Å². The normalized spacial score (nSPS) is 23.6. The number of benzene rings is 1. The predicted octanol–water partition coefficient (Wildman–Crippen LogP) is 2.15. The Morgan fingerprint density at radius 1 is 1.32 bits per heavy atom. The maximum atomic E-state index is 12.3. The molecule has 1 amide bonds. The van der Waals surface area contributed by atoms with E-state index in [1.807, 2.05) is 0 Å². The lowest BCUT2D eigenvalue weighted by Crippen LogP contribution is -2.46. The molecule has 1 aromatic carbocycles. The number of ether oxygens (including phenoxy) is 1. The van der Waals surface area contributed by atoms with Crippen molar-refractivity contribution in [3.05, 3.63) is 35.4 Å². The molecule has 22 heavy (non-hydrogen) atoms. The molecule has 2 aliphatic rings. The van der Waals surface area contributed by atoms with Crippen LogP contribution in [-0.2, 0) is 16.0 Å². The average molecular weight is 303 g/mol. The number of hydrogen-bond acceptors (Lipinski definition) is 3. The van der Waals surface area contributed by atoms with Crippen molar-refractivity contribution in [2.45, 2.75) is 50.0 Å². The van der Waals surface area contributed by atoms with Crippen molar-refractivity contribution in [2.24, 2.45) is 0 Å². The van der Waals surface area contributed by atoms with Crippen molar-refractivity contribution >= 4 is 5.91 Å². The fourth-order valence-electron chi connectivity index (χ4n) is 3.55. The van der Waals surface area contributed by atoms with Crippen LogP contribution in [0.5, 0.6) is 0 Å². The van der Waals surface area contributed by atoms with E-state index in [2.05, 4.69) is 29.6 Å². The van der Waals surface area contributed by atoms with E-state index in [-0.39, 0.29) is 5.91 Å². The zero-order valence-corrected chi connectivity index (χ0v) is 13.0. The summed E-state index contributed by atoms with van der Waals surface area (Å²) in [4.78, 5) is 12.3. The highest BCUT2D eigenvalue weighted by molar-refractivity contribution is 5.77. The van der Waals surface area contributed by atoms with Gasteiger partial charge < -0.3 is 15.2 Å². The van der Waals surface area contributed by atoms with Gasteiger partial charge in [-0.25, -0.2) is 0 Å². The molecule has 0 aromatic heterocycles. The van der Waals surface area contributed by atoms with Gasteiger partial charge in [-0.2, -0.15) is 0 Å². The summed E-state index contributed by atoms with van der Waals surface area (Å²) in [7, 11) is 0. The molecule has 0 spiro atoms. The number of rotatable bonds is 4. The molecule has 1 aromatic rings.